The number of H-pyrrole nitrogens is 1. The van der Waals surface area contributed by atoms with Crippen LogP contribution < -0.4 is 5.32 Å². The molecule has 3 heterocycles. The van der Waals surface area contributed by atoms with E-state index in [1.807, 2.05) is 36.4 Å². The number of rotatable bonds is 4. The predicted octanol–water partition coefficient (Wildman–Crippen LogP) is 1.59. The van der Waals surface area contributed by atoms with Crippen LogP contribution in [0.4, 0.5) is 0 Å². The fourth-order valence-corrected chi connectivity index (χ4v) is 2.06. The molecule has 0 bridgehead atoms. The molecule has 0 saturated carbocycles. The van der Waals surface area contributed by atoms with E-state index < -0.39 is 0 Å². The Morgan fingerprint density at radius 1 is 1.39 bits per heavy atom. The van der Waals surface area contributed by atoms with Gasteiger partial charge in [-0.1, -0.05) is 0 Å². The number of hydrogen-bond donors (Lipinski definition) is 2. The molecule has 3 rings (SSSR count). The zero-order valence-electron chi connectivity index (χ0n) is 10.2. The molecule has 3 aromatic heterocycles. The number of hydrogen-bond acceptors (Lipinski definition) is 3. The van der Waals surface area contributed by atoms with Crippen LogP contribution in [0.3, 0.4) is 0 Å². The Balaban J connectivity index is 1.66. The van der Waals surface area contributed by atoms with Crippen LogP contribution in [0.2, 0.25) is 0 Å². The molecule has 0 unspecified atom stereocenters. The minimum absolute atomic E-state index is 0.820. The summed E-state index contributed by atoms with van der Waals surface area (Å²) in [6.07, 6.45) is 7.70. The highest BCUT2D eigenvalue weighted by Gasteiger charge is 2.03. The molecule has 0 atom stereocenters. The average molecular weight is 241 g/mol. The maximum Gasteiger partial charge on any atom is 0.137 e. The summed E-state index contributed by atoms with van der Waals surface area (Å²) in [6, 6.07) is 4.04. The van der Waals surface area contributed by atoms with Gasteiger partial charge in [0.25, 0.3) is 0 Å². The van der Waals surface area contributed by atoms with Gasteiger partial charge in [0.15, 0.2) is 0 Å². The number of fused-ring (bicyclic) bond motifs is 1. The van der Waals surface area contributed by atoms with Gasteiger partial charge in [0.2, 0.25) is 0 Å². The average Bonchev–Trinajstić information content (AvgIpc) is 2.97. The quantitative estimate of drug-likeness (QED) is 0.729. The maximum atomic E-state index is 4.27. The van der Waals surface area contributed by atoms with E-state index in [2.05, 4.69) is 26.4 Å². The first-order valence-corrected chi connectivity index (χ1v) is 5.92. The van der Waals surface area contributed by atoms with Gasteiger partial charge < -0.3 is 10.3 Å². The zero-order valence-corrected chi connectivity index (χ0v) is 10.2. The fraction of sp³-hybridized carbons (Fsp3) is 0.231. The van der Waals surface area contributed by atoms with E-state index in [9.17, 15) is 0 Å². The van der Waals surface area contributed by atoms with Gasteiger partial charge in [-0.2, -0.15) is 5.10 Å². The van der Waals surface area contributed by atoms with Crippen molar-refractivity contribution in [3.63, 3.8) is 0 Å². The van der Waals surface area contributed by atoms with E-state index in [1.54, 1.807) is 6.20 Å². The minimum atomic E-state index is 0.820. The molecule has 5 nitrogen and oxygen atoms in total. The van der Waals surface area contributed by atoms with Crippen molar-refractivity contribution in [1.82, 2.24) is 25.1 Å². The fourth-order valence-electron chi connectivity index (χ4n) is 2.06. The van der Waals surface area contributed by atoms with Crippen molar-refractivity contribution in [3.05, 3.63) is 48.0 Å². The van der Waals surface area contributed by atoms with Gasteiger partial charge in [0, 0.05) is 49.7 Å². The smallest absolute Gasteiger partial charge is 0.137 e. The van der Waals surface area contributed by atoms with Gasteiger partial charge in [0.1, 0.15) is 5.65 Å². The number of nitrogens with one attached hydrogen (secondary N) is 2. The Kier molecular flexibility index (Phi) is 2.82. The van der Waals surface area contributed by atoms with Crippen molar-refractivity contribution in [2.75, 3.05) is 0 Å². The summed E-state index contributed by atoms with van der Waals surface area (Å²) < 4.78 is 1.81. The molecule has 5 heteroatoms. The molecule has 0 radical (unpaired) electrons. The molecule has 18 heavy (non-hydrogen) atoms. The molecule has 3 aromatic rings. The lowest BCUT2D eigenvalue weighted by atomic mass is 10.2. The monoisotopic (exact) mass is 241 g/mol. The summed E-state index contributed by atoms with van der Waals surface area (Å²) in [5.74, 6) is 0. The first-order chi connectivity index (χ1) is 8.83. The van der Waals surface area contributed by atoms with E-state index in [-0.39, 0.29) is 0 Å². The van der Waals surface area contributed by atoms with Gasteiger partial charge >= 0.3 is 0 Å². The lowest BCUT2D eigenvalue weighted by molar-refractivity contribution is 0.695. The van der Waals surface area contributed by atoms with Crippen molar-refractivity contribution in [1.29, 1.82) is 0 Å². The van der Waals surface area contributed by atoms with Gasteiger partial charge in [-0.25, -0.2) is 4.98 Å². The Labute approximate surface area is 105 Å². The zero-order chi connectivity index (χ0) is 12.4. The summed E-state index contributed by atoms with van der Waals surface area (Å²) in [4.78, 5) is 7.45. The number of aromatic nitrogens is 4. The van der Waals surface area contributed by atoms with Gasteiger partial charge in [-0.05, 0) is 17.7 Å². The van der Waals surface area contributed by atoms with Crippen LogP contribution in [0.1, 0.15) is 11.1 Å². The Morgan fingerprint density at radius 2 is 2.33 bits per heavy atom. The molecule has 0 aliphatic heterocycles. The molecule has 92 valence electrons. The molecular weight excluding hydrogens is 226 g/mol. The Morgan fingerprint density at radius 3 is 3.17 bits per heavy atom. The second-order valence-electron chi connectivity index (χ2n) is 4.34. The molecular formula is C13H15N5. The van der Waals surface area contributed by atoms with E-state index >= 15 is 0 Å². The minimum Gasteiger partial charge on any atom is -0.346 e. The highest BCUT2D eigenvalue weighted by molar-refractivity contribution is 5.79. The van der Waals surface area contributed by atoms with E-state index in [0.717, 1.165) is 18.7 Å². The Bertz CT molecular complexity index is 652. The first-order valence-electron chi connectivity index (χ1n) is 5.92. The SMILES string of the molecule is Cn1cc(CNCc2c[nH]c3ncccc23)cn1. The number of pyridine rings is 1. The van der Waals surface area contributed by atoms with Crippen LogP contribution in [0, 0.1) is 0 Å². The van der Waals surface area contributed by atoms with Crippen molar-refractivity contribution in [2.24, 2.45) is 7.05 Å². The highest BCUT2D eigenvalue weighted by Crippen LogP contribution is 2.15. The molecule has 0 amide bonds. The Hall–Kier alpha value is -2.14. The lowest BCUT2D eigenvalue weighted by Gasteiger charge is -2.01. The topological polar surface area (TPSA) is 58.5 Å². The third-order valence-electron chi connectivity index (χ3n) is 2.94. The molecule has 0 fully saturated rings. The highest BCUT2D eigenvalue weighted by atomic mass is 15.2. The van der Waals surface area contributed by atoms with Crippen LogP contribution in [0.5, 0.6) is 0 Å². The van der Waals surface area contributed by atoms with Crippen molar-refractivity contribution in [2.45, 2.75) is 13.1 Å². The first kappa shape index (κ1) is 11.0. The third kappa shape index (κ3) is 2.12. The lowest BCUT2D eigenvalue weighted by Crippen LogP contribution is -2.11. The van der Waals surface area contributed by atoms with Crippen LogP contribution >= 0.6 is 0 Å². The van der Waals surface area contributed by atoms with E-state index in [0.29, 0.717) is 0 Å². The second-order valence-corrected chi connectivity index (χ2v) is 4.34. The molecule has 0 spiro atoms. The van der Waals surface area contributed by atoms with Crippen LogP contribution in [-0.4, -0.2) is 19.7 Å². The number of aromatic amines is 1. The largest absolute Gasteiger partial charge is 0.346 e. The van der Waals surface area contributed by atoms with Crippen molar-refractivity contribution >= 4 is 11.0 Å². The van der Waals surface area contributed by atoms with Crippen LogP contribution in [-0.2, 0) is 20.1 Å². The number of nitrogens with zero attached hydrogens (tertiary/aromatic N) is 3. The molecule has 0 aliphatic rings. The summed E-state index contributed by atoms with van der Waals surface area (Å²) in [6.45, 7) is 1.64. The summed E-state index contributed by atoms with van der Waals surface area (Å²) >= 11 is 0. The summed E-state index contributed by atoms with van der Waals surface area (Å²) in [5, 5.41) is 8.73. The maximum absolute atomic E-state index is 4.27. The normalized spacial score (nSPS) is 11.2. The van der Waals surface area contributed by atoms with Gasteiger partial charge in [-0.15, -0.1) is 0 Å². The standard InChI is InChI=1S/C13H15N5/c1-18-9-10(6-17-18)5-14-7-11-8-16-13-12(11)3-2-4-15-13/h2-4,6,8-9,14H,5,7H2,1H3,(H,15,16). The molecule has 0 aromatic carbocycles. The summed E-state index contributed by atoms with van der Waals surface area (Å²) in [7, 11) is 1.93. The van der Waals surface area contributed by atoms with Gasteiger partial charge in [-0.3, -0.25) is 4.68 Å². The molecule has 2 N–H and O–H groups in total. The molecule has 0 saturated heterocycles. The van der Waals surface area contributed by atoms with Crippen molar-refractivity contribution in [3.8, 4) is 0 Å². The number of aryl methyl sites for hydroxylation is 1. The van der Waals surface area contributed by atoms with Crippen molar-refractivity contribution < 1.29 is 0 Å². The second kappa shape index (κ2) is 4.62. The van der Waals surface area contributed by atoms with E-state index in [4.69, 9.17) is 0 Å². The van der Waals surface area contributed by atoms with Crippen LogP contribution in [0.25, 0.3) is 11.0 Å². The predicted molar refractivity (Wildman–Crippen MR) is 69.8 cm³/mol. The molecule has 0 aliphatic carbocycles. The third-order valence-corrected chi connectivity index (χ3v) is 2.94. The van der Waals surface area contributed by atoms with E-state index in [1.165, 1.54) is 16.5 Å². The summed E-state index contributed by atoms with van der Waals surface area (Å²) in [5.41, 5.74) is 3.37. The van der Waals surface area contributed by atoms with Crippen LogP contribution in [0.15, 0.2) is 36.9 Å². The van der Waals surface area contributed by atoms with Gasteiger partial charge in [0.05, 0.1) is 6.20 Å².